The second-order valence-electron chi connectivity index (χ2n) is 5.59. The molecule has 24 heavy (non-hydrogen) atoms. The average Bonchev–Trinajstić information content (AvgIpc) is 3.09. The van der Waals surface area contributed by atoms with Crippen molar-refractivity contribution >= 4 is 11.7 Å². The summed E-state index contributed by atoms with van der Waals surface area (Å²) >= 11 is 0. The van der Waals surface area contributed by atoms with Gasteiger partial charge in [-0.2, -0.15) is 5.10 Å². The predicted molar refractivity (Wildman–Crippen MR) is 93.6 cm³/mol. The zero-order chi connectivity index (χ0) is 16.9. The molecule has 3 aromatic rings. The third-order valence-electron chi connectivity index (χ3n) is 3.67. The average molecular weight is 321 g/mol. The Morgan fingerprint density at radius 2 is 1.96 bits per heavy atom. The Labute approximate surface area is 140 Å². The highest BCUT2D eigenvalue weighted by Gasteiger charge is 2.14. The Kier molecular flexibility index (Phi) is 4.56. The number of amides is 1. The Hall–Kier alpha value is -3.15. The lowest BCUT2D eigenvalue weighted by atomic mass is 10.1. The van der Waals surface area contributed by atoms with E-state index in [4.69, 9.17) is 0 Å². The number of nitrogens with zero attached hydrogens (tertiary/aromatic N) is 3. The Morgan fingerprint density at radius 3 is 2.71 bits per heavy atom. The molecule has 3 rings (SSSR count). The normalized spacial score (nSPS) is 10.4. The monoisotopic (exact) mass is 321 g/mol. The first-order valence-electron chi connectivity index (χ1n) is 7.65. The van der Waals surface area contributed by atoms with Gasteiger partial charge in [0, 0.05) is 32.4 Å². The van der Waals surface area contributed by atoms with Crippen molar-refractivity contribution < 1.29 is 4.79 Å². The van der Waals surface area contributed by atoms with Gasteiger partial charge in [-0.1, -0.05) is 30.3 Å². The van der Waals surface area contributed by atoms with Gasteiger partial charge in [-0.25, -0.2) is 4.98 Å². The second-order valence-corrected chi connectivity index (χ2v) is 5.59. The minimum atomic E-state index is -0.0823. The maximum Gasteiger partial charge on any atom is 0.257 e. The highest BCUT2D eigenvalue weighted by atomic mass is 16.2. The molecule has 0 aliphatic carbocycles. The van der Waals surface area contributed by atoms with Crippen LogP contribution in [0.5, 0.6) is 0 Å². The van der Waals surface area contributed by atoms with Crippen LogP contribution in [0.15, 0.2) is 54.9 Å². The van der Waals surface area contributed by atoms with Gasteiger partial charge < -0.3 is 10.2 Å². The molecule has 0 aliphatic heterocycles. The number of pyridine rings is 1. The van der Waals surface area contributed by atoms with Crippen molar-refractivity contribution in [1.29, 1.82) is 0 Å². The van der Waals surface area contributed by atoms with Crippen LogP contribution in [0.4, 0.5) is 5.82 Å². The largest absolute Gasteiger partial charge is 0.365 e. The first kappa shape index (κ1) is 15.7. The zero-order valence-corrected chi connectivity index (χ0v) is 13.7. The smallest absolute Gasteiger partial charge is 0.257 e. The molecule has 2 N–H and O–H groups in total. The van der Waals surface area contributed by atoms with Gasteiger partial charge in [0.1, 0.15) is 5.82 Å². The molecule has 1 amide bonds. The van der Waals surface area contributed by atoms with Crippen LogP contribution in [-0.4, -0.2) is 40.1 Å². The molecule has 0 saturated carbocycles. The van der Waals surface area contributed by atoms with Gasteiger partial charge in [0.2, 0.25) is 0 Å². The highest BCUT2D eigenvalue weighted by molar-refractivity contribution is 5.98. The van der Waals surface area contributed by atoms with Crippen LogP contribution in [0.3, 0.4) is 0 Å². The molecular weight excluding hydrogens is 302 g/mol. The topological polar surface area (TPSA) is 73.9 Å². The summed E-state index contributed by atoms with van der Waals surface area (Å²) in [6.07, 6.45) is 3.45. The van der Waals surface area contributed by atoms with E-state index in [-0.39, 0.29) is 5.91 Å². The van der Waals surface area contributed by atoms with Crippen molar-refractivity contribution in [2.75, 3.05) is 19.4 Å². The molecule has 2 aromatic heterocycles. The summed E-state index contributed by atoms with van der Waals surface area (Å²) in [6.45, 7) is 0.519. The van der Waals surface area contributed by atoms with E-state index in [2.05, 4.69) is 20.5 Å². The fourth-order valence-corrected chi connectivity index (χ4v) is 2.44. The van der Waals surface area contributed by atoms with E-state index in [1.54, 1.807) is 38.6 Å². The number of hydrogen-bond donors (Lipinski definition) is 2. The number of aromatic nitrogens is 3. The van der Waals surface area contributed by atoms with Gasteiger partial charge in [0.25, 0.3) is 5.91 Å². The fourth-order valence-electron chi connectivity index (χ4n) is 2.44. The third kappa shape index (κ3) is 3.27. The van der Waals surface area contributed by atoms with E-state index in [1.165, 1.54) is 4.90 Å². The molecule has 122 valence electrons. The van der Waals surface area contributed by atoms with Crippen molar-refractivity contribution in [3.8, 4) is 11.3 Å². The van der Waals surface area contributed by atoms with Crippen molar-refractivity contribution in [2.24, 2.45) is 0 Å². The molecule has 0 radical (unpaired) electrons. The lowest BCUT2D eigenvalue weighted by molar-refractivity contribution is 0.0828. The van der Waals surface area contributed by atoms with Gasteiger partial charge in [0.05, 0.1) is 17.5 Å². The van der Waals surface area contributed by atoms with Crippen LogP contribution in [0.2, 0.25) is 0 Å². The molecule has 0 fully saturated rings. The van der Waals surface area contributed by atoms with E-state index in [0.29, 0.717) is 17.9 Å². The Balaban J connectivity index is 1.81. The summed E-state index contributed by atoms with van der Waals surface area (Å²) in [5, 5.41) is 10.4. The number of anilines is 1. The number of carbonyl (C=O) groups excluding carboxylic acids is 1. The molecule has 6 heteroatoms. The lowest BCUT2D eigenvalue weighted by Gasteiger charge is -2.14. The zero-order valence-electron chi connectivity index (χ0n) is 13.7. The van der Waals surface area contributed by atoms with Crippen LogP contribution >= 0.6 is 0 Å². The molecule has 0 unspecified atom stereocenters. The van der Waals surface area contributed by atoms with Gasteiger partial charge in [-0.05, 0) is 17.7 Å². The summed E-state index contributed by atoms with van der Waals surface area (Å²) in [7, 11) is 3.45. The number of aromatic amines is 1. The quantitative estimate of drug-likeness (QED) is 0.758. The highest BCUT2D eigenvalue weighted by Crippen LogP contribution is 2.22. The van der Waals surface area contributed by atoms with E-state index >= 15 is 0 Å². The number of carbonyl (C=O) groups is 1. The van der Waals surface area contributed by atoms with E-state index in [1.807, 2.05) is 30.3 Å². The van der Waals surface area contributed by atoms with Crippen LogP contribution < -0.4 is 5.32 Å². The fraction of sp³-hybridized carbons (Fsp3) is 0.167. The number of H-pyrrole nitrogens is 1. The van der Waals surface area contributed by atoms with Crippen molar-refractivity contribution in [3.05, 3.63) is 66.0 Å². The summed E-state index contributed by atoms with van der Waals surface area (Å²) in [5.74, 6) is 0.484. The van der Waals surface area contributed by atoms with Crippen molar-refractivity contribution in [1.82, 2.24) is 20.1 Å². The van der Waals surface area contributed by atoms with Crippen LogP contribution in [0.1, 0.15) is 15.9 Å². The molecular formula is C18H19N5O. The number of rotatable bonds is 5. The molecule has 0 spiro atoms. The number of benzene rings is 1. The number of hydrogen-bond acceptors (Lipinski definition) is 4. The van der Waals surface area contributed by atoms with Crippen LogP contribution in [0.25, 0.3) is 11.3 Å². The summed E-state index contributed by atoms with van der Waals surface area (Å²) in [5.41, 5.74) is 3.58. The van der Waals surface area contributed by atoms with Crippen molar-refractivity contribution in [2.45, 2.75) is 6.54 Å². The minimum absolute atomic E-state index is 0.0823. The van der Waals surface area contributed by atoms with E-state index in [9.17, 15) is 4.79 Å². The second kappa shape index (κ2) is 6.95. The first-order chi connectivity index (χ1) is 11.7. The number of nitrogens with one attached hydrogen (secondary N) is 2. The summed E-state index contributed by atoms with van der Waals surface area (Å²) in [6, 6.07) is 13.5. The van der Waals surface area contributed by atoms with Crippen LogP contribution in [-0.2, 0) is 6.54 Å². The molecule has 0 saturated heterocycles. The Bertz CT molecular complexity index is 826. The SMILES string of the molecule is CN(C)C(=O)c1cccnc1NCc1cn[nH]c1-c1ccccc1. The maximum atomic E-state index is 12.2. The lowest BCUT2D eigenvalue weighted by Crippen LogP contribution is -2.23. The van der Waals surface area contributed by atoms with Gasteiger partial charge in [0.15, 0.2) is 0 Å². The standard InChI is InChI=1S/C18H19N5O/c1-23(2)18(24)15-9-6-10-19-17(15)20-11-14-12-21-22-16(14)13-7-4-3-5-8-13/h3-10,12H,11H2,1-2H3,(H,19,20)(H,21,22). The molecule has 0 atom stereocenters. The minimum Gasteiger partial charge on any atom is -0.365 e. The molecule has 2 heterocycles. The third-order valence-corrected chi connectivity index (χ3v) is 3.67. The van der Waals surface area contributed by atoms with Gasteiger partial charge in [-0.3, -0.25) is 9.89 Å². The maximum absolute atomic E-state index is 12.2. The van der Waals surface area contributed by atoms with Crippen LogP contribution in [0, 0.1) is 0 Å². The predicted octanol–water partition coefficient (Wildman–Crippen LogP) is 2.79. The first-order valence-corrected chi connectivity index (χ1v) is 7.65. The molecule has 0 aliphatic rings. The molecule has 1 aromatic carbocycles. The van der Waals surface area contributed by atoms with Crippen molar-refractivity contribution in [3.63, 3.8) is 0 Å². The van der Waals surface area contributed by atoms with Gasteiger partial charge in [-0.15, -0.1) is 0 Å². The Morgan fingerprint density at radius 1 is 1.17 bits per heavy atom. The van der Waals surface area contributed by atoms with E-state index in [0.717, 1.165) is 16.8 Å². The summed E-state index contributed by atoms with van der Waals surface area (Å²) in [4.78, 5) is 18.1. The van der Waals surface area contributed by atoms with Gasteiger partial charge >= 0.3 is 0 Å². The molecule has 6 nitrogen and oxygen atoms in total. The van der Waals surface area contributed by atoms with E-state index < -0.39 is 0 Å². The summed E-state index contributed by atoms with van der Waals surface area (Å²) < 4.78 is 0. The molecule has 0 bridgehead atoms.